The largest absolute Gasteiger partial charge is 0.476 e. The van der Waals surface area contributed by atoms with E-state index in [1.807, 2.05) is 0 Å². The van der Waals surface area contributed by atoms with Crippen molar-refractivity contribution in [2.75, 3.05) is 0 Å². The molecule has 9 heteroatoms. The zero-order chi connectivity index (χ0) is 15.7. The van der Waals surface area contributed by atoms with E-state index in [-0.39, 0.29) is 34.6 Å². The molecule has 3 rings (SSSR count). The summed E-state index contributed by atoms with van der Waals surface area (Å²) in [5.74, 6) is -2.40. The lowest BCUT2D eigenvalue weighted by atomic mass is 10.3. The molecule has 0 unspecified atom stereocenters. The molecular formula is C13H7N3O6. The highest BCUT2D eigenvalue weighted by Crippen LogP contribution is 2.22. The Bertz CT molecular complexity index is 799. The lowest BCUT2D eigenvalue weighted by molar-refractivity contribution is 0.0679. The summed E-state index contributed by atoms with van der Waals surface area (Å²) < 4.78 is 10.1. The van der Waals surface area contributed by atoms with E-state index in [2.05, 4.69) is 15.0 Å². The summed E-state index contributed by atoms with van der Waals surface area (Å²) in [5.41, 5.74) is 0.0399. The number of carboxylic acids is 2. The second-order valence-corrected chi connectivity index (χ2v) is 4.09. The summed E-state index contributed by atoms with van der Waals surface area (Å²) >= 11 is 0. The van der Waals surface area contributed by atoms with Crippen LogP contribution in [0.15, 0.2) is 39.6 Å². The Morgan fingerprint density at radius 1 is 0.818 bits per heavy atom. The molecule has 110 valence electrons. The Kier molecular flexibility index (Phi) is 3.14. The van der Waals surface area contributed by atoms with Crippen LogP contribution in [-0.4, -0.2) is 37.1 Å². The molecule has 0 atom stereocenters. The first kappa shape index (κ1) is 13.5. The molecule has 0 radical (unpaired) electrons. The number of aromatic carboxylic acids is 2. The highest BCUT2D eigenvalue weighted by Gasteiger charge is 2.16. The van der Waals surface area contributed by atoms with Crippen LogP contribution >= 0.6 is 0 Å². The molecular weight excluding hydrogens is 294 g/mol. The molecule has 0 bridgehead atoms. The van der Waals surface area contributed by atoms with Gasteiger partial charge in [-0.05, 0) is 12.1 Å². The molecule has 0 amide bonds. The number of nitrogens with zero attached hydrogens (tertiary/aromatic N) is 3. The first-order valence-electron chi connectivity index (χ1n) is 5.90. The van der Waals surface area contributed by atoms with Gasteiger partial charge in [-0.2, -0.15) is 0 Å². The quantitative estimate of drug-likeness (QED) is 0.737. The van der Waals surface area contributed by atoms with E-state index >= 15 is 0 Å². The van der Waals surface area contributed by atoms with Gasteiger partial charge in [0.15, 0.2) is 11.4 Å². The minimum atomic E-state index is -1.22. The van der Waals surface area contributed by atoms with Crippen LogP contribution in [0.2, 0.25) is 0 Å². The van der Waals surface area contributed by atoms with Gasteiger partial charge >= 0.3 is 11.9 Å². The zero-order valence-corrected chi connectivity index (χ0v) is 10.8. The molecule has 0 aliphatic heterocycles. The van der Waals surface area contributed by atoms with Crippen LogP contribution in [0, 0.1) is 0 Å². The summed E-state index contributed by atoms with van der Waals surface area (Å²) in [6.07, 6.45) is 2.00. The zero-order valence-electron chi connectivity index (χ0n) is 10.8. The Morgan fingerprint density at radius 2 is 1.27 bits per heavy atom. The standard InChI is InChI=1S/C13H7N3O6/c17-12(18)8-4-21-10(15-8)6-2-1-3-7(14-6)11-16-9(5-22-11)13(19)20/h1-5H,(H,17,18)(H,19,20). The highest BCUT2D eigenvalue weighted by molar-refractivity contribution is 5.86. The van der Waals surface area contributed by atoms with Gasteiger partial charge in [0.2, 0.25) is 11.8 Å². The van der Waals surface area contributed by atoms with E-state index in [0.29, 0.717) is 0 Å². The summed E-state index contributed by atoms with van der Waals surface area (Å²) in [6.45, 7) is 0. The molecule has 2 N–H and O–H groups in total. The number of rotatable bonds is 4. The smallest absolute Gasteiger partial charge is 0.357 e. The van der Waals surface area contributed by atoms with Gasteiger partial charge < -0.3 is 19.0 Å². The van der Waals surface area contributed by atoms with Crippen molar-refractivity contribution in [3.8, 4) is 23.2 Å². The van der Waals surface area contributed by atoms with E-state index in [9.17, 15) is 9.59 Å². The van der Waals surface area contributed by atoms with E-state index in [4.69, 9.17) is 19.0 Å². The van der Waals surface area contributed by atoms with Crippen molar-refractivity contribution in [2.45, 2.75) is 0 Å². The topological polar surface area (TPSA) is 140 Å². The second kappa shape index (κ2) is 5.13. The van der Waals surface area contributed by atoms with Crippen molar-refractivity contribution >= 4 is 11.9 Å². The van der Waals surface area contributed by atoms with Crippen molar-refractivity contribution < 1.29 is 28.6 Å². The third-order valence-corrected chi connectivity index (χ3v) is 2.63. The van der Waals surface area contributed by atoms with E-state index in [1.54, 1.807) is 18.2 Å². The Hall–Kier alpha value is -3.49. The lowest BCUT2D eigenvalue weighted by Gasteiger charge is -1.97. The molecule has 9 nitrogen and oxygen atoms in total. The number of carbonyl (C=O) groups is 2. The SMILES string of the molecule is O=C(O)c1coc(-c2cccc(-c3nc(C(=O)O)co3)n2)n1. The predicted molar refractivity (Wildman–Crippen MR) is 69.1 cm³/mol. The van der Waals surface area contributed by atoms with E-state index in [1.165, 1.54) is 0 Å². The number of oxazole rings is 2. The molecule has 3 aromatic heterocycles. The van der Waals surface area contributed by atoms with Crippen molar-refractivity contribution in [1.29, 1.82) is 0 Å². The number of pyridine rings is 1. The summed E-state index contributed by atoms with van der Waals surface area (Å²) in [7, 11) is 0. The van der Waals surface area contributed by atoms with Crippen molar-refractivity contribution in [3.05, 3.63) is 42.1 Å². The fourth-order valence-electron chi connectivity index (χ4n) is 1.65. The van der Waals surface area contributed by atoms with Gasteiger partial charge in [0.05, 0.1) is 0 Å². The van der Waals surface area contributed by atoms with Crippen LogP contribution in [-0.2, 0) is 0 Å². The molecule has 0 saturated carbocycles. The first-order valence-corrected chi connectivity index (χ1v) is 5.90. The van der Waals surface area contributed by atoms with Crippen molar-refractivity contribution in [1.82, 2.24) is 15.0 Å². The Morgan fingerprint density at radius 3 is 1.64 bits per heavy atom. The van der Waals surface area contributed by atoms with Gasteiger partial charge in [0, 0.05) is 0 Å². The van der Waals surface area contributed by atoms with E-state index in [0.717, 1.165) is 12.5 Å². The van der Waals surface area contributed by atoms with Crippen LogP contribution in [0.4, 0.5) is 0 Å². The first-order chi connectivity index (χ1) is 10.5. The minimum Gasteiger partial charge on any atom is -0.476 e. The monoisotopic (exact) mass is 301 g/mol. The summed E-state index contributed by atoms with van der Waals surface area (Å²) in [4.78, 5) is 33.3. The minimum absolute atomic E-state index is 0.0178. The van der Waals surface area contributed by atoms with Gasteiger partial charge in [-0.3, -0.25) is 0 Å². The van der Waals surface area contributed by atoms with Gasteiger partial charge in [-0.25, -0.2) is 24.5 Å². The molecule has 22 heavy (non-hydrogen) atoms. The normalized spacial score (nSPS) is 10.5. The van der Waals surface area contributed by atoms with Crippen LogP contribution < -0.4 is 0 Å². The fraction of sp³-hybridized carbons (Fsp3) is 0. The molecule has 0 aromatic carbocycles. The number of carboxylic acid groups (broad SMARTS) is 2. The molecule has 0 aliphatic rings. The maximum Gasteiger partial charge on any atom is 0.357 e. The molecule has 0 saturated heterocycles. The predicted octanol–water partition coefficient (Wildman–Crippen LogP) is 1.79. The van der Waals surface area contributed by atoms with Crippen LogP contribution in [0.3, 0.4) is 0 Å². The third kappa shape index (κ3) is 2.42. The maximum atomic E-state index is 10.8. The van der Waals surface area contributed by atoms with Crippen LogP contribution in [0.25, 0.3) is 23.2 Å². The van der Waals surface area contributed by atoms with Gasteiger partial charge in [0.25, 0.3) is 0 Å². The average Bonchev–Trinajstić information content (AvgIpc) is 3.17. The van der Waals surface area contributed by atoms with Crippen molar-refractivity contribution in [3.63, 3.8) is 0 Å². The molecule has 0 spiro atoms. The third-order valence-electron chi connectivity index (χ3n) is 2.63. The lowest BCUT2D eigenvalue weighted by Crippen LogP contribution is -1.97. The number of aromatic nitrogens is 3. The summed E-state index contributed by atoms with van der Waals surface area (Å²) in [6, 6.07) is 4.72. The Labute approximate surface area is 121 Å². The van der Waals surface area contributed by atoms with Crippen molar-refractivity contribution in [2.24, 2.45) is 0 Å². The molecule has 0 aliphatic carbocycles. The van der Waals surface area contributed by atoms with Gasteiger partial charge in [0.1, 0.15) is 23.9 Å². The molecule has 3 aromatic rings. The number of hydrogen-bond donors (Lipinski definition) is 2. The van der Waals surface area contributed by atoms with Gasteiger partial charge in [-0.15, -0.1) is 0 Å². The van der Waals surface area contributed by atoms with Crippen LogP contribution in [0.5, 0.6) is 0 Å². The summed E-state index contributed by atoms with van der Waals surface area (Å²) in [5, 5.41) is 17.6. The molecule has 0 fully saturated rings. The average molecular weight is 301 g/mol. The van der Waals surface area contributed by atoms with Gasteiger partial charge in [-0.1, -0.05) is 6.07 Å². The fourth-order valence-corrected chi connectivity index (χ4v) is 1.65. The van der Waals surface area contributed by atoms with E-state index < -0.39 is 11.9 Å². The Balaban J connectivity index is 1.97. The highest BCUT2D eigenvalue weighted by atomic mass is 16.4. The molecule has 3 heterocycles. The number of hydrogen-bond acceptors (Lipinski definition) is 7. The second-order valence-electron chi connectivity index (χ2n) is 4.09. The maximum absolute atomic E-state index is 10.8. The van der Waals surface area contributed by atoms with Crippen LogP contribution in [0.1, 0.15) is 21.0 Å².